The normalized spacial score (nSPS) is 37.9. The minimum absolute atomic E-state index is 0.174. The molecular formula is C28H46O. The van der Waals surface area contributed by atoms with Crippen LogP contribution < -0.4 is 0 Å². The van der Waals surface area contributed by atoms with Gasteiger partial charge in [0.2, 0.25) is 0 Å². The van der Waals surface area contributed by atoms with E-state index >= 15 is 0 Å². The zero-order valence-electron chi connectivity index (χ0n) is 19.8. The van der Waals surface area contributed by atoms with Crippen LogP contribution in [0.5, 0.6) is 0 Å². The van der Waals surface area contributed by atoms with Crippen molar-refractivity contribution in [1.29, 1.82) is 0 Å². The highest BCUT2D eigenvalue weighted by Gasteiger charge is 2.50. The van der Waals surface area contributed by atoms with Gasteiger partial charge in [-0.15, -0.1) is 0 Å². The van der Waals surface area contributed by atoms with E-state index in [-0.39, 0.29) is 6.10 Å². The zero-order valence-corrected chi connectivity index (χ0v) is 19.8. The van der Waals surface area contributed by atoms with Crippen molar-refractivity contribution in [1.82, 2.24) is 0 Å². The molecule has 0 aromatic heterocycles. The lowest BCUT2D eigenvalue weighted by Crippen LogP contribution is -2.36. The Labute approximate surface area is 180 Å². The second kappa shape index (κ2) is 9.54. The van der Waals surface area contributed by atoms with E-state index in [1.165, 1.54) is 56.1 Å². The Morgan fingerprint density at radius 3 is 2.55 bits per heavy atom. The van der Waals surface area contributed by atoms with Crippen LogP contribution in [0.3, 0.4) is 0 Å². The summed E-state index contributed by atoms with van der Waals surface area (Å²) in [6, 6.07) is 0. The van der Waals surface area contributed by atoms with Crippen LogP contribution in [0.1, 0.15) is 98.8 Å². The summed E-state index contributed by atoms with van der Waals surface area (Å²) < 4.78 is 0. The first kappa shape index (κ1) is 22.9. The largest absolute Gasteiger partial charge is 0.393 e. The lowest BCUT2D eigenvalue weighted by molar-refractivity contribution is 0.0907. The van der Waals surface area contributed by atoms with Crippen molar-refractivity contribution in [2.45, 2.75) is 105 Å². The summed E-state index contributed by atoms with van der Waals surface area (Å²) in [7, 11) is 0. The minimum Gasteiger partial charge on any atom is -0.393 e. The van der Waals surface area contributed by atoms with Gasteiger partial charge in [-0.05, 0) is 91.9 Å². The summed E-state index contributed by atoms with van der Waals surface area (Å²) in [6.45, 7) is 16.6. The Kier molecular flexibility index (Phi) is 7.52. The molecule has 0 aromatic rings. The highest BCUT2D eigenvalue weighted by Crippen LogP contribution is 2.60. The van der Waals surface area contributed by atoms with Crippen LogP contribution in [0.4, 0.5) is 0 Å². The second-order valence-corrected chi connectivity index (χ2v) is 11.3. The molecule has 0 amide bonds. The molecule has 0 saturated heterocycles. The molecule has 1 unspecified atom stereocenters. The van der Waals surface area contributed by atoms with Gasteiger partial charge in [-0.3, -0.25) is 0 Å². The minimum atomic E-state index is -0.174. The highest BCUT2D eigenvalue weighted by molar-refractivity contribution is 5.36. The van der Waals surface area contributed by atoms with E-state index in [1.54, 1.807) is 5.57 Å². The van der Waals surface area contributed by atoms with Crippen molar-refractivity contribution >= 4 is 0 Å². The summed E-state index contributed by atoms with van der Waals surface area (Å²) >= 11 is 0. The molecule has 0 radical (unpaired) electrons. The average molecular weight is 399 g/mol. The molecule has 0 aromatic carbocycles. The predicted molar refractivity (Wildman–Crippen MR) is 126 cm³/mol. The van der Waals surface area contributed by atoms with Crippen LogP contribution in [0, 0.1) is 35.0 Å². The molecule has 0 spiro atoms. The fourth-order valence-electron chi connectivity index (χ4n) is 6.67. The number of fused-ring (bicyclic) bond motifs is 1. The number of hydrogen-bond acceptors (Lipinski definition) is 1. The van der Waals surface area contributed by atoms with Crippen LogP contribution >= 0.6 is 0 Å². The topological polar surface area (TPSA) is 20.2 Å². The van der Waals surface area contributed by atoms with E-state index in [2.05, 4.69) is 53.3 Å². The SMILES string of the molecule is C=C1CC[C@H](O)C/C1=C/C=C1\CCC[C@]2(C)[C@@H](C(C)CC[C@@H](C)C(C)C)CC[C@@H]12. The molecule has 3 rings (SSSR count). The molecule has 3 aliphatic carbocycles. The van der Waals surface area contributed by atoms with E-state index in [0.29, 0.717) is 5.41 Å². The average Bonchev–Trinajstić information content (AvgIpc) is 3.04. The third kappa shape index (κ3) is 5.09. The van der Waals surface area contributed by atoms with Crippen molar-refractivity contribution in [2.24, 2.45) is 35.0 Å². The molecule has 3 aliphatic rings. The first-order valence-electron chi connectivity index (χ1n) is 12.5. The van der Waals surface area contributed by atoms with Gasteiger partial charge in [-0.2, -0.15) is 0 Å². The number of rotatable bonds is 6. The van der Waals surface area contributed by atoms with Gasteiger partial charge < -0.3 is 5.11 Å². The van der Waals surface area contributed by atoms with Gasteiger partial charge in [0, 0.05) is 0 Å². The number of hydrogen-bond donors (Lipinski definition) is 1. The van der Waals surface area contributed by atoms with Crippen molar-refractivity contribution in [3.05, 3.63) is 35.5 Å². The van der Waals surface area contributed by atoms with Crippen LogP contribution in [-0.4, -0.2) is 11.2 Å². The maximum absolute atomic E-state index is 10.0. The number of aliphatic hydroxyl groups is 1. The molecule has 29 heavy (non-hydrogen) atoms. The second-order valence-electron chi connectivity index (χ2n) is 11.3. The lowest BCUT2D eigenvalue weighted by Gasteiger charge is -2.44. The third-order valence-electron chi connectivity index (χ3n) is 9.13. The van der Waals surface area contributed by atoms with Gasteiger partial charge in [0.25, 0.3) is 0 Å². The molecule has 164 valence electrons. The van der Waals surface area contributed by atoms with E-state index < -0.39 is 0 Å². The van der Waals surface area contributed by atoms with E-state index in [1.807, 2.05) is 0 Å². The Hall–Kier alpha value is -0.820. The zero-order chi connectivity index (χ0) is 21.2. The Balaban J connectivity index is 1.70. The van der Waals surface area contributed by atoms with Gasteiger partial charge in [-0.1, -0.05) is 77.3 Å². The summed E-state index contributed by atoms with van der Waals surface area (Å²) in [4.78, 5) is 0. The van der Waals surface area contributed by atoms with Crippen LogP contribution in [0.2, 0.25) is 0 Å². The van der Waals surface area contributed by atoms with E-state index in [9.17, 15) is 5.11 Å². The lowest BCUT2D eigenvalue weighted by atomic mass is 9.60. The molecule has 1 nitrogen and oxygen atoms in total. The quantitative estimate of drug-likeness (QED) is 0.482. The summed E-state index contributed by atoms with van der Waals surface area (Å²) in [5.41, 5.74) is 4.70. The summed E-state index contributed by atoms with van der Waals surface area (Å²) in [5.74, 6) is 4.14. The van der Waals surface area contributed by atoms with Crippen LogP contribution in [-0.2, 0) is 0 Å². The van der Waals surface area contributed by atoms with Gasteiger partial charge in [0.05, 0.1) is 6.10 Å². The molecule has 6 atom stereocenters. The van der Waals surface area contributed by atoms with E-state index in [4.69, 9.17) is 0 Å². The van der Waals surface area contributed by atoms with Crippen LogP contribution in [0.15, 0.2) is 35.5 Å². The Morgan fingerprint density at radius 1 is 1.07 bits per heavy atom. The monoisotopic (exact) mass is 398 g/mol. The molecule has 3 fully saturated rings. The van der Waals surface area contributed by atoms with Gasteiger partial charge in [0.1, 0.15) is 0 Å². The highest BCUT2D eigenvalue weighted by atomic mass is 16.3. The maximum Gasteiger partial charge on any atom is 0.0583 e. The number of aliphatic hydroxyl groups excluding tert-OH is 1. The predicted octanol–water partition coefficient (Wildman–Crippen LogP) is 7.87. The fourth-order valence-corrected chi connectivity index (χ4v) is 6.67. The molecule has 0 aliphatic heterocycles. The smallest absolute Gasteiger partial charge is 0.0583 e. The summed E-state index contributed by atoms with van der Waals surface area (Å²) in [5, 5.41) is 10.0. The third-order valence-corrected chi connectivity index (χ3v) is 9.13. The Bertz CT molecular complexity index is 639. The molecule has 1 heteroatoms. The van der Waals surface area contributed by atoms with E-state index in [0.717, 1.165) is 48.9 Å². The molecule has 1 N–H and O–H groups in total. The van der Waals surface area contributed by atoms with Gasteiger partial charge in [0.15, 0.2) is 0 Å². The van der Waals surface area contributed by atoms with Gasteiger partial charge >= 0.3 is 0 Å². The molecule has 3 saturated carbocycles. The van der Waals surface area contributed by atoms with Crippen molar-refractivity contribution < 1.29 is 5.11 Å². The first-order valence-corrected chi connectivity index (χ1v) is 12.5. The van der Waals surface area contributed by atoms with Crippen LogP contribution in [0.25, 0.3) is 0 Å². The standard InChI is InChI=1S/C28H46O/c1-19(2)20(3)9-10-22(5)26-15-16-27-23(8-7-17-28(26,27)6)12-13-24-18-25(29)14-11-21(24)4/h12-13,19-20,22,25-27,29H,4,7-11,14-18H2,1-3,5-6H3/b23-12+,24-13-/t20-,22?,25+,26-,27+,28-/m1/s1. The fraction of sp³-hybridized carbons (Fsp3) is 0.786. The maximum atomic E-state index is 10.0. The molecule has 0 heterocycles. The number of allylic oxidation sites excluding steroid dienone is 4. The molecular weight excluding hydrogens is 352 g/mol. The van der Waals surface area contributed by atoms with Crippen molar-refractivity contribution in [3.63, 3.8) is 0 Å². The van der Waals surface area contributed by atoms with Gasteiger partial charge in [-0.25, -0.2) is 0 Å². The Morgan fingerprint density at radius 2 is 1.83 bits per heavy atom. The first-order chi connectivity index (χ1) is 13.7. The summed E-state index contributed by atoms with van der Waals surface area (Å²) in [6.07, 6.45) is 16.8. The van der Waals surface area contributed by atoms with Crippen molar-refractivity contribution in [2.75, 3.05) is 0 Å². The van der Waals surface area contributed by atoms with Crippen molar-refractivity contribution in [3.8, 4) is 0 Å². The molecule has 0 bridgehead atoms.